The number of anilines is 1. The van der Waals surface area contributed by atoms with E-state index in [1.165, 1.54) is 11.3 Å². The number of hydrogen-bond acceptors (Lipinski definition) is 4. The van der Waals surface area contributed by atoms with E-state index in [1.807, 2.05) is 68.4 Å². The molecule has 0 fully saturated rings. The first-order valence-electron chi connectivity index (χ1n) is 10.3. The number of benzene rings is 2. The molecule has 0 atom stereocenters. The number of nitrogens with two attached hydrogens (primary N) is 1. The summed E-state index contributed by atoms with van der Waals surface area (Å²) in [5.41, 5.74) is 10.5. The molecule has 0 saturated heterocycles. The fourth-order valence-corrected chi connectivity index (χ4v) is 5.17. The summed E-state index contributed by atoms with van der Waals surface area (Å²) in [7, 11) is 0. The molecule has 0 aliphatic heterocycles. The maximum atomic E-state index is 13.2. The molecule has 3 N–H and O–H groups in total. The number of hydrogen-bond donors (Lipinski definition) is 2. The smallest absolute Gasteiger partial charge is 0.261 e. The molecule has 2 aromatic carbocycles. The van der Waals surface area contributed by atoms with E-state index >= 15 is 0 Å². The second-order valence-corrected chi connectivity index (χ2v) is 9.40. The average molecular weight is 479 g/mol. The van der Waals surface area contributed by atoms with Crippen LogP contribution in [-0.4, -0.2) is 21.6 Å². The molecular formula is C25H23ClN4O2S. The van der Waals surface area contributed by atoms with E-state index in [9.17, 15) is 9.59 Å². The highest BCUT2D eigenvalue weighted by atomic mass is 35.5. The van der Waals surface area contributed by atoms with Gasteiger partial charge < -0.3 is 11.1 Å². The predicted molar refractivity (Wildman–Crippen MR) is 133 cm³/mol. The number of nitrogens with one attached hydrogen (secondary N) is 1. The zero-order valence-corrected chi connectivity index (χ0v) is 20.1. The van der Waals surface area contributed by atoms with E-state index in [2.05, 4.69) is 10.4 Å². The third-order valence-corrected chi connectivity index (χ3v) is 6.77. The lowest BCUT2D eigenvalue weighted by molar-refractivity contribution is 0.100. The minimum Gasteiger partial charge on any atom is -0.365 e. The molecule has 2 amide bonds. The summed E-state index contributed by atoms with van der Waals surface area (Å²) in [4.78, 5) is 26.4. The molecule has 0 radical (unpaired) electrons. The number of rotatable bonds is 6. The van der Waals surface area contributed by atoms with Crippen LogP contribution in [0.1, 0.15) is 42.4 Å². The molecule has 0 aliphatic carbocycles. The Hall–Kier alpha value is -3.42. The zero-order valence-electron chi connectivity index (χ0n) is 18.5. The first-order chi connectivity index (χ1) is 15.8. The maximum absolute atomic E-state index is 13.2. The Morgan fingerprint density at radius 3 is 2.33 bits per heavy atom. The van der Waals surface area contributed by atoms with E-state index in [0.29, 0.717) is 17.2 Å². The fraction of sp³-hybridized carbons (Fsp3) is 0.160. The second kappa shape index (κ2) is 9.21. The van der Waals surface area contributed by atoms with E-state index in [-0.39, 0.29) is 16.3 Å². The SMILES string of the molecule is Cc1ccc(Cn2nc(C)c(C(=O)Nc3sc(C)c(-c4ccccc4)c3C(N)=O)c2Cl)cc1. The Labute approximate surface area is 201 Å². The van der Waals surface area contributed by atoms with E-state index in [1.54, 1.807) is 11.6 Å². The van der Waals surface area contributed by atoms with Crippen LogP contribution in [0.4, 0.5) is 5.00 Å². The van der Waals surface area contributed by atoms with Crippen molar-refractivity contribution in [1.82, 2.24) is 9.78 Å². The number of amides is 2. The van der Waals surface area contributed by atoms with Crippen LogP contribution in [0.2, 0.25) is 5.15 Å². The van der Waals surface area contributed by atoms with Crippen LogP contribution in [0.15, 0.2) is 54.6 Å². The second-order valence-electron chi connectivity index (χ2n) is 7.82. The Morgan fingerprint density at radius 1 is 1.03 bits per heavy atom. The van der Waals surface area contributed by atoms with Crippen molar-refractivity contribution in [2.24, 2.45) is 5.73 Å². The Kier molecular flexibility index (Phi) is 6.35. The van der Waals surface area contributed by atoms with Gasteiger partial charge in [-0.15, -0.1) is 11.3 Å². The van der Waals surface area contributed by atoms with E-state index in [4.69, 9.17) is 17.3 Å². The molecular weight excluding hydrogens is 456 g/mol. The minimum absolute atomic E-state index is 0.239. The summed E-state index contributed by atoms with van der Waals surface area (Å²) in [6, 6.07) is 17.5. The standard InChI is InChI=1S/C25H23ClN4O2S/c1-14-9-11-17(12-10-14)13-30-22(26)19(15(2)29-30)24(32)28-25-21(23(27)31)20(16(3)33-25)18-7-5-4-6-8-18/h4-12H,13H2,1-3H3,(H2,27,31)(H,28,32). The van der Waals surface area contributed by atoms with Crippen LogP contribution < -0.4 is 11.1 Å². The first-order valence-corrected chi connectivity index (χ1v) is 11.5. The van der Waals surface area contributed by atoms with Crippen LogP contribution in [0, 0.1) is 20.8 Å². The lowest BCUT2D eigenvalue weighted by Crippen LogP contribution is -2.18. The van der Waals surface area contributed by atoms with Gasteiger partial charge >= 0.3 is 0 Å². The number of primary amides is 1. The quantitative estimate of drug-likeness (QED) is 0.378. The third-order valence-electron chi connectivity index (χ3n) is 5.37. The summed E-state index contributed by atoms with van der Waals surface area (Å²) in [6.45, 7) is 6.09. The van der Waals surface area contributed by atoms with Gasteiger partial charge in [-0.25, -0.2) is 4.68 Å². The van der Waals surface area contributed by atoms with Crippen molar-refractivity contribution in [3.05, 3.63) is 92.6 Å². The Morgan fingerprint density at radius 2 is 1.70 bits per heavy atom. The summed E-state index contributed by atoms with van der Waals surface area (Å²) in [5, 5.41) is 7.93. The van der Waals surface area contributed by atoms with Gasteiger partial charge in [0.25, 0.3) is 11.8 Å². The van der Waals surface area contributed by atoms with Crippen LogP contribution in [0.3, 0.4) is 0 Å². The molecule has 2 heterocycles. The monoisotopic (exact) mass is 478 g/mol. The van der Waals surface area contributed by atoms with Gasteiger partial charge in [0.05, 0.1) is 23.4 Å². The molecule has 4 rings (SSSR count). The normalized spacial score (nSPS) is 10.9. The lowest BCUT2D eigenvalue weighted by atomic mass is 10.0. The van der Waals surface area contributed by atoms with Crippen LogP contribution in [0.5, 0.6) is 0 Å². The van der Waals surface area contributed by atoms with Crippen molar-refractivity contribution in [1.29, 1.82) is 0 Å². The molecule has 0 spiro atoms. The van der Waals surface area contributed by atoms with Gasteiger partial charge in [-0.2, -0.15) is 5.10 Å². The summed E-state index contributed by atoms with van der Waals surface area (Å²) in [5.74, 6) is -1.04. The van der Waals surface area contributed by atoms with Gasteiger partial charge in [0, 0.05) is 10.4 Å². The highest BCUT2D eigenvalue weighted by Gasteiger charge is 2.26. The molecule has 33 heavy (non-hydrogen) atoms. The van der Waals surface area contributed by atoms with Crippen molar-refractivity contribution >= 4 is 39.8 Å². The lowest BCUT2D eigenvalue weighted by Gasteiger charge is -2.07. The van der Waals surface area contributed by atoms with Crippen molar-refractivity contribution in [3.8, 4) is 11.1 Å². The number of aryl methyl sites for hydroxylation is 3. The average Bonchev–Trinajstić information content (AvgIpc) is 3.25. The topological polar surface area (TPSA) is 90.0 Å². The zero-order chi connectivity index (χ0) is 23.7. The van der Waals surface area contributed by atoms with Crippen molar-refractivity contribution in [2.75, 3.05) is 5.32 Å². The summed E-state index contributed by atoms with van der Waals surface area (Å²) in [6.07, 6.45) is 0. The van der Waals surface area contributed by atoms with E-state index in [0.717, 1.165) is 27.1 Å². The molecule has 4 aromatic rings. The minimum atomic E-state index is -0.605. The molecule has 0 aliphatic rings. The van der Waals surface area contributed by atoms with Gasteiger partial charge in [-0.1, -0.05) is 71.8 Å². The predicted octanol–water partition coefficient (Wildman–Crippen LogP) is 5.59. The largest absolute Gasteiger partial charge is 0.365 e. The number of thiophene rings is 1. The highest BCUT2D eigenvalue weighted by Crippen LogP contribution is 2.40. The van der Waals surface area contributed by atoms with Crippen molar-refractivity contribution in [3.63, 3.8) is 0 Å². The maximum Gasteiger partial charge on any atom is 0.261 e. The van der Waals surface area contributed by atoms with Gasteiger partial charge in [0.2, 0.25) is 0 Å². The summed E-state index contributed by atoms with van der Waals surface area (Å²) >= 11 is 7.86. The van der Waals surface area contributed by atoms with Gasteiger partial charge in [0.1, 0.15) is 10.2 Å². The number of carbonyl (C=O) groups is 2. The number of nitrogens with zero attached hydrogens (tertiary/aromatic N) is 2. The highest BCUT2D eigenvalue weighted by molar-refractivity contribution is 7.17. The van der Waals surface area contributed by atoms with Crippen LogP contribution in [0.25, 0.3) is 11.1 Å². The van der Waals surface area contributed by atoms with E-state index < -0.39 is 11.8 Å². The molecule has 0 saturated carbocycles. The third kappa shape index (κ3) is 4.55. The van der Waals surface area contributed by atoms with Crippen LogP contribution in [-0.2, 0) is 6.54 Å². The molecule has 0 unspecified atom stereocenters. The van der Waals surface area contributed by atoms with Crippen molar-refractivity contribution < 1.29 is 9.59 Å². The molecule has 6 nitrogen and oxygen atoms in total. The number of halogens is 1. The van der Waals surface area contributed by atoms with Gasteiger partial charge in [-0.3, -0.25) is 9.59 Å². The number of carbonyl (C=O) groups excluding carboxylic acids is 2. The first kappa shape index (κ1) is 22.8. The molecule has 8 heteroatoms. The summed E-state index contributed by atoms with van der Waals surface area (Å²) < 4.78 is 1.60. The fourth-order valence-electron chi connectivity index (χ4n) is 3.77. The van der Waals surface area contributed by atoms with Gasteiger partial charge in [-0.05, 0) is 31.9 Å². The molecule has 168 valence electrons. The van der Waals surface area contributed by atoms with Gasteiger partial charge in [0.15, 0.2) is 0 Å². The molecule has 0 bridgehead atoms. The Balaban J connectivity index is 1.66. The number of aromatic nitrogens is 2. The van der Waals surface area contributed by atoms with Crippen molar-refractivity contribution in [2.45, 2.75) is 27.3 Å². The van der Waals surface area contributed by atoms with Crippen LogP contribution >= 0.6 is 22.9 Å². The Bertz CT molecular complexity index is 1340. The molecule has 2 aromatic heterocycles.